The predicted octanol–water partition coefficient (Wildman–Crippen LogP) is 3.90. The first-order valence-electron chi connectivity index (χ1n) is 9.20. The topological polar surface area (TPSA) is 106 Å². The van der Waals surface area contributed by atoms with E-state index in [9.17, 15) is 14.9 Å². The summed E-state index contributed by atoms with van der Waals surface area (Å²) in [5.74, 6) is 0.241. The van der Waals surface area contributed by atoms with E-state index in [1.807, 2.05) is 37.3 Å². The fourth-order valence-corrected chi connectivity index (χ4v) is 3.80. The van der Waals surface area contributed by atoms with Crippen molar-refractivity contribution in [2.75, 3.05) is 0 Å². The van der Waals surface area contributed by atoms with Crippen LogP contribution in [0, 0.1) is 10.1 Å². The highest BCUT2D eigenvalue weighted by Gasteiger charge is 2.35. The van der Waals surface area contributed by atoms with Crippen LogP contribution in [-0.2, 0) is 11.3 Å². The Balaban J connectivity index is 1.50. The van der Waals surface area contributed by atoms with Gasteiger partial charge in [0.2, 0.25) is 0 Å². The van der Waals surface area contributed by atoms with Crippen LogP contribution in [0.3, 0.4) is 0 Å². The first-order chi connectivity index (χ1) is 14.8. The molecule has 1 aliphatic heterocycles. The summed E-state index contributed by atoms with van der Waals surface area (Å²) >= 11 is 11.2. The zero-order valence-electron chi connectivity index (χ0n) is 16.2. The fraction of sp³-hybridized carbons (Fsp3) is 0.150. The van der Waals surface area contributed by atoms with Crippen molar-refractivity contribution < 1.29 is 14.1 Å². The molecule has 0 aliphatic carbocycles. The third kappa shape index (κ3) is 4.21. The molecule has 1 aromatic carbocycles. The largest absolute Gasteiger partial charge is 0.460 e. The molecule has 2 aromatic heterocycles. The predicted molar refractivity (Wildman–Crippen MR) is 117 cm³/mol. The molecule has 1 amide bonds. The van der Waals surface area contributed by atoms with Crippen LogP contribution in [-0.4, -0.2) is 30.6 Å². The monoisotopic (exact) mass is 457 g/mol. The van der Waals surface area contributed by atoms with E-state index in [1.54, 1.807) is 18.2 Å². The summed E-state index contributed by atoms with van der Waals surface area (Å²) in [6.07, 6.45) is 2.91. The number of benzene rings is 1. The van der Waals surface area contributed by atoms with Crippen LogP contribution < -0.4 is 5.32 Å². The molecule has 31 heavy (non-hydrogen) atoms. The van der Waals surface area contributed by atoms with E-state index < -0.39 is 10.7 Å². The van der Waals surface area contributed by atoms with Crippen molar-refractivity contribution in [2.45, 2.75) is 19.5 Å². The van der Waals surface area contributed by atoms with Gasteiger partial charge < -0.3 is 19.8 Å². The molecule has 1 N–H and O–H groups in total. The highest BCUT2D eigenvalue weighted by atomic mass is 35.5. The SMILES string of the molecule is CC(c1ccccc1)N1C(=O)/C(=C/c2ccc(Cn3cc(Cl)c([N+](=O)[O-])n3)o2)NC1=S. The van der Waals surface area contributed by atoms with E-state index in [0.29, 0.717) is 22.3 Å². The summed E-state index contributed by atoms with van der Waals surface area (Å²) < 4.78 is 7.03. The number of aromatic nitrogens is 2. The van der Waals surface area contributed by atoms with Gasteiger partial charge >= 0.3 is 5.82 Å². The minimum atomic E-state index is -0.653. The van der Waals surface area contributed by atoms with E-state index in [0.717, 1.165) is 5.56 Å². The van der Waals surface area contributed by atoms with Gasteiger partial charge in [0.15, 0.2) is 10.1 Å². The minimum Gasteiger partial charge on any atom is -0.460 e. The highest BCUT2D eigenvalue weighted by molar-refractivity contribution is 7.80. The summed E-state index contributed by atoms with van der Waals surface area (Å²) in [6, 6.07) is 12.7. The lowest BCUT2D eigenvalue weighted by Gasteiger charge is -2.23. The lowest BCUT2D eigenvalue weighted by molar-refractivity contribution is -0.389. The van der Waals surface area contributed by atoms with Crippen molar-refractivity contribution in [3.63, 3.8) is 0 Å². The molecule has 0 radical (unpaired) electrons. The van der Waals surface area contributed by atoms with E-state index >= 15 is 0 Å². The molecule has 3 aromatic rings. The molecule has 1 unspecified atom stereocenters. The lowest BCUT2D eigenvalue weighted by Crippen LogP contribution is -2.33. The maximum Gasteiger partial charge on any atom is 0.408 e. The Bertz CT molecular complexity index is 1200. The first kappa shape index (κ1) is 20.8. The van der Waals surface area contributed by atoms with Gasteiger partial charge in [0, 0.05) is 6.08 Å². The molecule has 9 nitrogen and oxygen atoms in total. The summed E-state index contributed by atoms with van der Waals surface area (Å²) in [5.41, 5.74) is 1.26. The minimum absolute atomic E-state index is 0.0548. The fourth-order valence-electron chi connectivity index (χ4n) is 3.23. The van der Waals surface area contributed by atoms with Gasteiger partial charge in [-0.2, -0.15) is 4.68 Å². The summed E-state index contributed by atoms with van der Waals surface area (Å²) in [6.45, 7) is 2.05. The second kappa shape index (κ2) is 8.32. The molecule has 158 valence electrons. The van der Waals surface area contributed by atoms with Crippen LogP contribution in [0.15, 0.2) is 58.8 Å². The van der Waals surface area contributed by atoms with Crippen molar-refractivity contribution in [1.29, 1.82) is 0 Å². The third-order valence-corrected chi connectivity index (χ3v) is 5.30. The van der Waals surface area contributed by atoms with Crippen LogP contribution in [0.5, 0.6) is 0 Å². The number of nitrogens with zero attached hydrogens (tertiary/aromatic N) is 4. The van der Waals surface area contributed by atoms with Gasteiger partial charge in [0.1, 0.15) is 23.8 Å². The quantitative estimate of drug-likeness (QED) is 0.259. The van der Waals surface area contributed by atoms with Gasteiger partial charge in [-0.25, -0.2) is 0 Å². The summed E-state index contributed by atoms with van der Waals surface area (Å²) in [4.78, 5) is 24.6. The molecule has 1 atom stereocenters. The molecule has 1 saturated heterocycles. The van der Waals surface area contributed by atoms with Crippen molar-refractivity contribution in [1.82, 2.24) is 20.0 Å². The van der Waals surface area contributed by atoms with E-state index in [2.05, 4.69) is 10.4 Å². The van der Waals surface area contributed by atoms with E-state index in [-0.39, 0.29) is 23.5 Å². The number of halogens is 1. The molecule has 1 aliphatic rings. The Morgan fingerprint density at radius 1 is 1.32 bits per heavy atom. The number of nitro groups is 1. The molecule has 1 fully saturated rings. The Morgan fingerprint density at radius 3 is 2.74 bits per heavy atom. The Hall–Kier alpha value is -3.50. The van der Waals surface area contributed by atoms with Gasteiger partial charge in [0.25, 0.3) is 5.91 Å². The zero-order valence-corrected chi connectivity index (χ0v) is 17.8. The normalized spacial score (nSPS) is 16.1. The average molecular weight is 458 g/mol. The zero-order chi connectivity index (χ0) is 22.1. The van der Waals surface area contributed by atoms with Crippen LogP contribution >= 0.6 is 23.8 Å². The summed E-state index contributed by atoms with van der Waals surface area (Å²) in [7, 11) is 0. The van der Waals surface area contributed by atoms with Gasteiger partial charge in [-0.1, -0.05) is 41.9 Å². The molecular weight excluding hydrogens is 442 g/mol. The van der Waals surface area contributed by atoms with Gasteiger partial charge in [-0.15, -0.1) is 0 Å². The third-order valence-electron chi connectivity index (χ3n) is 4.74. The number of rotatable bonds is 6. The second-order valence-electron chi connectivity index (χ2n) is 6.81. The Morgan fingerprint density at radius 2 is 2.06 bits per heavy atom. The summed E-state index contributed by atoms with van der Waals surface area (Å²) in [5, 5.41) is 17.9. The van der Waals surface area contributed by atoms with Gasteiger partial charge in [-0.05, 0) is 41.8 Å². The second-order valence-corrected chi connectivity index (χ2v) is 7.60. The maximum absolute atomic E-state index is 12.9. The highest BCUT2D eigenvalue weighted by Crippen LogP contribution is 2.27. The number of carbonyl (C=O) groups is 1. The maximum atomic E-state index is 12.9. The van der Waals surface area contributed by atoms with Crippen LogP contribution in [0.4, 0.5) is 5.82 Å². The Labute approximate surface area is 187 Å². The molecule has 4 rings (SSSR count). The number of amides is 1. The van der Waals surface area contributed by atoms with Crippen LogP contribution in [0.1, 0.15) is 30.0 Å². The average Bonchev–Trinajstić information content (AvgIpc) is 3.41. The molecular formula is C20H16ClN5O4S. The molecule has 0 bridgehead atoms. The first-order valence-corrected chi connectivity index (χ1v) is 9.99. The standard InChI is InChI=1S/C20H16ClN5O4S/c1-12(13-5-3-2-4-6-13)25-19(27)17(22-20(25)31)9-14-7-8-15(30-14)10-24-11-16(21)18(23-24)26(28)29/h2-9,11-12H,10H2,1H3,(H,22,31)/b17-9-. The van der Waals surface area contributed by atoms with Crippen molar-refractivity contribution in [3.8, 4) is 0 Å². The molecule has 0 spiro atoms. The number of thiocarbonyl (C=S) groups is 1. The van der Waals surface area contributed by atoms with Crippen molar-refractivity contribution in [3.05, 3.63) is 86.6 Å². The van der Waals surface area contributed by atoms with E-state index in [1.165, 1.54) is 15.8 Å². The number of furan rings is 1. The van der Waals surface area contributed by atoms with Crippen LogP contribution in [0.2, 0.25) is 5.02 Å². The number of carbonyl (C=O) groups excluding carboxylic acids is 1. The Kier molecular flexibility index (Phi) is 5.57. The van der Waals surface area contributed by atoms with Crippen LogP contribution in [0.25, 0.3) is 6.08 Å². The van der Waals surface area contributed by atoms with E-state index in [4.69, 9.17) is 28.2 Å². The lowest BCUT2D eigenvalue weighted by atomic mass is 10.1. The van der Waals surface area contributed by atoms with Crippen molar-refractivity contribution >= 4 is 46.7 Å². The van der Waals surface area contributed by atoms with Gasteiger partial charge in [-0.3, -0.25) is 9.69 Å². The molecule has 11 heteroatoms. The number of nitrogens with one attached hydrogen (secondary N) is 1. The smallest absolute Gasteiger partial charge is 0.408 e. The van der Waals surface area contributed by atoms with Crippen molar-refractivity contribution in [2.24, 2.45) is 0 Å². The van der Waals surface area contributed by atoms with Gasteiger partial charge in [0.05, 0.1) is 17.3 Å². The molecule has 0 saturated carbocycles. The number of hydrogen-bond donors (Lipinski definition) is 1. The molecule has 3 heterocycles. The number of hydrogen-bond acceptors (Lipinski definition) is 6.